The quantitative estimate of drug-likeness (QED) is 0.482. The zero-order valence-electron chi connectivity index (χ0n) is 21.1. The van der Waals surface area contributed by atoms with E-state index in [4.69, 9.17) is 9.15 Å². The first-order chi connectivity index (χ1) is 16.9. The molecule has 6 heteroatoms. The molecule has 186 valence electrons. The van der Waals surface area contributed by atoms with E-state index in [9.17, 15) is 9.59 Å². The summed E-state index contributed by atoms with van der Waals surface area (Å²) in [5.41, 5.74) is 4.03. The summed E-state index contributed by atoms with van der Waals surface area (Å²) in [6.07, 6.45) is 9.89. The predicted molar refractivity (Wildman–Crippen MR) is 136 cm³/mol. The fourth-order valence-electron chi connectivity index (χ4n) is 7.26. The molecule has 6 rings (SSSR count). The van der Waals surface area contributed by atoms with Gasteiger partial charge < -0.3 is 14.1 Å². The third-order valence-electron chi connectivity index (χ3n) is 9.15. The molecule has 1 amide bonds. The summed E-state index contributed by atoms with van der Waals surface area (Å²) in [7, 11) is 0. The van der Waals surface area contributed by atoms with E-state index in [1.165, 1.54) is 37.8 Å². The smallest absolute Gasteiger partial charge is 0.339 e. The van der Waals surface area contributed by atoms with E-state index in [1.807, 2.05) is 26.0 Å². The van der Waals surface area contributed by atoms with Crippen LogP contribution in [-0.4, -0.2) is 54.0 Å². The summed E-state index contributed by atoms with van der Waals surface area (Å²) in [4.78, 5) is 30.5. The number of rotatable bonds is 3. The molecule has 0 saturated carbocycles. The number of likely N-dealkylation sites (tertiary alicyclic amines) is 1. The predicted octanol–water partition coefficient (Wildman–Crippen LogP) is 4.52. The highest BCUT2D eigenvalue weighted by Gasteiger charge is 2.46. The number of aryl methyl sites for hydroxylation is 2. The zero-order valence-corrected chi connectivity index (χ0v) is 21.1. The van der Waals surface area contributed by atoms with E-state index >= 15 is 0 Å². The summed E-state index contributed by atoms with van der Waals surface area (Å²) in [5, 5.41) is 0.911. The van der Waals surface area contributed by atoms with Crippen LogP contribution in [0.25, 0.3) is 11.0 Å². The van der Waals surface area contributed by atoms with E-state index in [2.05, 4.69) is 15.9 Å². The van der Waals surface area contributed by atoms with Crippen LogP contribution >= 0.6 is 0 Å². The lowest BCUT2D eigenvalue weighted by atomic mass is 9.68. The van der Waals surface area contributed by atoms with Crippen LogP contribution in [0.4, 0.5) is 0 Å². The van der Waals surface area contributed by atoms with E-state index in [1.54, 1.807) is 6.92 Å². The van der Waals surface area contributed by atoms with Crippen molar-refractivity contribution >= 4 is 16.9 Å². The molecule has 0 N–H and O–H groups in total. The van der Waals surface area contributed by atoms with Gasteiger partial charge >= 0.3 is 5.63 Å². The Kier molecular flexibility index (Phi) is 5.75. The molecule has 4 aliphatic rings. The Morgan fingerprint density at radius 3 is 2.80 bits per heavy atom. The number of nitrogens with zero attached hydrogens (tertiary/aromatic N) is 2. The molecule has 2 bridgehead atoms. The van der Waals surface area contributed by atoms with Gasteiger partial charge in [0.1, 0.15) is 11.3 Å². The summed E-state index contributed by atoms with van der Waals surface area (Å²) >= 11 is 0. The number of carbonyl (C=O) groups excluding carboxylic acids is 1. The maximum atomic E-state index is 13.5. The monoisotopic (exact) mass is 476 g/mol. The summed E-state index contributed by atoms with van der Waals surface area (Å²) in [5.74, 6) is 1.85. The first-order valence-electron chi connectivity index (χ1n) is 13.3. The van der Waals surface area contributed by atoms with Crippen LogP contribution in [0.5, 0.6) is 5.75 Å². The van der Waals surface area contributed by atoms with Crippen molar-refractivity contribution in [1.82, 2.24) is 9.80 Å². The molecular formula is C29H36N2O4. The number of piperidine rings is 3. The Bertz CT molecular complexity index is 1260. The van der Waals surface area contributed by atoms with Gasteiger partial charge in [0.05, 0.1) is 6.04 Å². The highest BCUT2D eigenvalue weighted by molar-refractivity contribution is 5.86. The molecule has 0 unspecified atom stereocenters. The van der Waals surface area contributed by atoms with Crippen LogP contribution in [0.15, 0.2) is 33.0 Å². The van der Waals surface area contributed by atoms with Gasteiger partial charge in [0, 0.05) is 35.6 Å². The van der Waals surface area contributed by atoms with Gasteiger partial charge in [-0.05, 0) is 89.0 Å². The normalized spacial score (nSPS) is 28.3. The summed E-state index contributed by atoms with van der Waals surface area (Å²) in [6, 6.07) is 4.75. The van der Waals surface area contributed by atoms with Crippen molar-refractivity contribution in [2.75, 3.05) is 26.2 Å². The number of carbonyl (C=O) groups is 1. The second-order valence-corrected chi connectivity index (χ2v) is 11.1. The number of amides is 1. The van der Waals surface area contributed by atoms with Gasteiger partial charge in [-0.3, -0.25) is 9.69 Å². The van der Waals surface area contributed by atoms with Crippen molar-refractivity contribution in [3.05, 3.63) is 50.9 Å². The highest BCUT2D eigenvalue weighted by atomic mass is 16.5. The van der Waals surface area contributed by atoms with E-state index in [0.29, 0.717) is 34.8 Å². The topological polar surface area (TPSA) is 63.0 Å². The van der Waals surface area contributed by atoms with Crippen molar-refractivity contribution in [3.8, 4) is 5.75 Å². The van der Waals surface area contributed by atoms with Crippen LogP contribution in [0.2, 0.25) is 0 Å². The van der Waals surface area contributed by atoms with Crippen LogP contribution in [-0.2, 0) is 4.79 Å². The molecule has 2 aromatic rings. The largest absolute Gasteiger partial charge is 0.483 e. The fourth-order valence-corrected chi connectivity index (χ4v) is 7.26. The number of ether oxygens (including phenoxy) is 1. The summed E-state index contributed by atoms with van der Waals surface area (Å²) in [6.45, 7) is 8.75. The molecule has 3 fully saturated rings. The average molecular weight is 477 g/mol. The number of fused-ring (bicyclic) bond motifs is 7. The third kappa shape index (κ3) is 3.81. The van der Waals surface area contributed by atoms with Crippen molar-refractivity contribution < 1.29 is 13.9 Å². The van der Waals surface area contributed by atoms with Crippen molar-refractivity contribution in [2.45, 2.75) is 71.4 Å². The highest BCUT2D eigenvalue weighted by Crippen LogP contribution is 2.45. The lowest BCUT2D eigenvalue weighted by Crippen LogP contribution is -2.60. The zero-order chi connectivity index (χ0) is 24.3. The van der Waals surface area contributed by atoms with E-state index in [-0.39, 0.29) is 24.2 Å². The lowest BCUT2D eigenvalue weighted by Gasteiger charge is -2.54. The first-order valence-corrected chi connectivity index (χ1v) is 13.3. The Morgan fingerprint density at radius 1 is 1.09 bits per heavy atom. The minimum absolute atomic E-state index is 0.00763. The second-order valence-electron chi connectivity index (χ2n) is 11.1. The molecule has 35 heavy (non-hydrogen) atoms. The van der Waals surface area contributed by atoms with Crippen molar-refractivity contribution in [2.24, 2.45) is 11.8 Å². The lowest BCUT2D eigenvalue weighted by molar-refractivity contribution is -0.138. The number of hydrogen-bond acceptors (Lipinski definition) is 5. The minimum atomic E-state index is -0.321. The number of hydrogen-bond donors (Lipinski definition) is 0. The van der Waals surface area contributed by atoms with Crippen LogP contribution < -0.4 is 10.4 Å². The minimum Gasteiger partial charge on any atom is -0.483 e. The molecule has 3 aliphatic heterocycles. The van der Waals surface area contributed by atoms with Gasteiger partial charge in [-0.1, -0.05) is 18.1 Å². The van der Waals surface area contributed by atoms with E-state index < -0.39 is 0 Å². The molecule has 3 saturated heterocycles. The van der Waals surface area contributed by atoms with Crippen LogP contribution in [0.1, 0.15) is 55.2 Å². The van der Waals surface area contributed by atoms with Gasteiger partial charge in [0.2, 0.25) is 0 Å². The Labute approximate surface area is 206 Å². The molecule has 1 aliphatic carbocycles. The SMILES string of the molecule is Cc1c(C)c2ccc(OCC(=O)N3CCCC4=C[C@H]5C[C@@H](CN6CCCC[C@H]56)[C@@H]43)c(C)c2oc1=O. The standard InChI is InChI=1S/C29H36N2O4/c1-17-18(2)29(33)35-28-19(3)25(10-9-23(17)28)34-16-26(32)31-12-6-7-20-13-21-14-22(27(20)31)15-30-11-5-4-8-24(21)30/h9-10,13,21-22,24,27H,4-8,11-12,14-16H2,1-3H3/t21-,22-,24+,27+/m0/s1. The van der Waals surface area contributed by atoms with Gasteiger partial charge in [-0.15, -0.1) is 0 Å². The molecule has 4 atom stereocenters. The second kappa shape index (κ2) is 8.81. The summed E-state index contributed by atoms with van der Waals surface area (Å²) < 4.78 is 11.6. The fraction of sp³-hybridized carbons (Fsp3) is 0.586. The molecule has 1 aromatic carbocycles. The molecule has 0 spiro atoms. The molecule has 4 heterocycles. The molecular weight excluding hydrogens is 440 g/mol. The third-order valence-corrected chi connectivity index (χ3v) is 9.15. The Morgan fingerprint density at radius 2 is 1.94 bits per heavy atom. The average Bonchev–Trinajstić information content (AvgIpc) is 2.87. The maximum Gasteiger partial charge on any atom is 0.339 e. The van der Waals surface area contributed by atoms with E-state index in [0.717, 1.165) is 42.4 Å². The van der Waals surface area contributed by atoms with Crippen LogP contribution in [0, 0.1) is 32.6 Å². The van der Waals surface area contributed by atoms with Gasteiger partial charge in [0.15, 0.2) is 6.61 Å². The first kappa shape index (κ1) is 22.8. The number of benzene rings is 1. The van der Waals surface area contributed by atoms with Gasteiger partial charge in [-0.25, -0.2) is 4.79 Å². The Balaban J connectivity index is 1.21. The molecule has 1 aromatic heterocycles. The van der Waals surface area contributed by atoms with Crippen LogP contribution in [0.3, 0.4) is 0 Å². The molecule has 0 radical (unpaired) electrons. The van der Waals surface area contributed by atoms with Crippen molar-refractivity contribution in [1.29, 1.82) is 0 Å². The Hall–Kier alpha value is -2.60. The van der Waals surface area contributed by atoms with Gasteiger partial charge in [0.25, 0.3) is 5.91 Å². The molecule has 6 nitrogen and oxygen atoms in total. The van der Waals surface area contributed by atoms with Crippen molar-refractivity contribution in [3.63, 3.8) is 0 Å². The van der Waals surface area contributed by atoms with Gasteiger partial charge in [-0.2, -0.15) is 0 Å². The maximum absolute atomic E-state index is 13.5.